The van der Waals surface area contributed by atoms with Crippen LogP contribution in [-0.2, 0) is 30.9 Å². The minimum Gasteiger partial charge on any atom is -0.466 e. The first kappa shape index (κ1) is 29.0. The van der Waals surface area contributed by atoms with Gasteiger partial charge < -0.3 is 19.3 Å². The molecule has 2 aliphatic heterocycles. The van der Waals surface area contributed by atoms with Crippen molar-refractivity contribution in [3.8, 4) is 0 Å². The molecule has 1 atom stereocenters. The van der Waals surface area contributed by atoms with Gasteiger partial charge in [-0.05, 0) is 68.7 Å². The molecule has 7 nitrogen and oxygen atoms in total. The molecular formula is C29H41ClN2O5. The van der Waals surface area contributed by atoms with Crippen LogP contribution in [0.15, 0.2) is 30.0 Å². The number of amides is 2. The van der Waals surface area contributed by atoms with Crippen molar-refractivity contribution >= 4 is 29.6 Å². The number of carbonyl (C=O) groups is 3. The van der Waals surface area contributed by atoms with Gasteiger partial charge >= 0.3 is 12.1 Å². The van der Waals surface area contributed by atoms with E-state index in [0.29, 0.717) is 24.7 Å². The van der Waals surface area contributed by atoms with Crippen LogP contribution in [0.1, 0.15) is 78.9 Å². The Hall–Kier alpha value is -2.54. The molecule has 0 radical (unpaired) electrons. The van der Waals surface area contributed by atoms with Crippen molar-refractivity contribution in [1.82, 2.24) is 9.80 Å². The zero-order valence-corrected chi connectivity index (χ0v) is 24.0. The lowest BCUT2D eigenvalue weighted by Gasteiger charge is -2.37. The normalized spacial score (nSPS) is 20.0. The number of esters is 1. The summed E-state index contributed by atoms with van der Waals surface area (Å²) in [4.78, 5) is 41.5. The van der Waals surface area contributed by atoms with E-state index in [9.17, 15) is 14.4 Å². The largest absolute Gasteiger partial charge is 0.466 e. The minimum atomic E-state index is -0.694. The van der Waals surface area contributed by atoms with Gasteiger partial charge in [0, 0.05) is 42.7 Å². The Kier molecular flexibility index (Phi) is 8.68. The van der Waals surface area contributed by atoms with Gasteiger partial charge in [0.25, 0.3) is 0 Å². The summed E-state index contributed by atoms with van der Waals surface area (Å²) in [6.45, 7) is 15.1. The van der Waals surface area contributed by atoms with Crippen LogP contribution in [-0.4, -0.2) is 59.6 Å². The fourth-order valence-electron chi connectivity index (χ4n) is 4.82. The Bertz CT molecular complexity index is 1070. The molecule has 0 saturated carbocycles. The molecule has 1 saturated heterocycles. The van der Waals surface area contributed by atoms with E-state index in [1.54, 1.807) is 22.9 Å². The lowest BCUT2D eigenvalue weighted by molar-refractivity contribution is -0.143. The molecule has 0 spiro atoms. The van der Waals surface area contributed by atoms with Gasteiger partial charge in [-0.1, -0.05) is 44.5 Å². The highest BCUT2D eigenvalue weighted by atomic mass is 35.5. The molecular weight excluding hydrogens is 492 g/mol. The van der Waals surface area contributed by atoms with E-state index < -0.39 is 17.1 Å². The Morgan fingerprint density at radius 2 is 1.84 bits per heavy atom. The molecule has 8 heteroatoms. The smallest absolute Gasteiger partial charge is 0.410 e. The first-order chi connectivity index (χ1) is 17.1. The van der Waals surface area contributed by atoms with Crippen molar-refractivity contribution < 1.29 is 23.9 Å². The number of fused-ring (bicyclic) bond motifs is 1. The summed E-state index contributed by atoms with van der Waals surface area (Å²) in [6.07, 6.45) is 3.54. The topological polar surface area (TPSA) is 76.2 Å². The van der Waals surface area contributed by atoms with Gasteiger partial charge in [-0.2, -0.15) is 0 Å². The van der Waals surface area contributed by atoms with Crippen LogP contribution in [0.3, 0.4) is 0 Å². The van der Waals surface area contributed by atoms with Gasteiger partial charge in [0.05, 0.1) is 13.0 Å². The molecule has 0 aromatic heterocycles. The highest BCUT2D eigenvalue weighted by molar-refractivity contribution is 6.31. The Labute approximate surface area is 226 Å². The zero-order valence-electron chi connectivity index (χ0n) is 23.3. The summed E-state index contributed by atoms with van der Waals surface area (Å²) >= 11 is 6.76. The summed E-state index contributed by atoms with van der Waals surface area (Å²) in [5.41, 5.74) is 1.78. The Morgan fingerprint density at radius 1 is 1.14 bits per heavy atom. The quantitative estimate of drug-likeness (QED) is 0.410. The second-order valence-electron chi connectivity index (χ2n) is 12.3. The second-order valence-corrected chi connectivity index (χ2v) is 12.7. The fraction of sp³-hybridized carbons (Fsp3) is 0.621. The van der Waals surface area contributed by atoms with Crippen LogP contribution in [0.2, 0.25) is 5.02 Å². The summed E-state index contributed by atoms with van der Waals surface area (Å²) in [5.74, 6) is -0.447. The monoisotopic (exact) mass is 532 g/mol. The van der Waals surface area contributed by atoms with E-state index >= 15 is 0 Å². The summed E-state index contributed by atoms with van der Waals surface area (Å²) in [7, 11) is 0. The maximum absolute atomic E-state index is 13.3. The van der Waals surface area contributed by atoms with Crippen molar-refractivity contribution in [2.45, 2.75) is 85.2 Å². The molecule has 204 valence electrons. The highest BCUT2D eigenvalue weighted by Gasteiger charge is 2.50. The maximum atomic E-state index is 13.3. The molecule has 1 fully saturated rings. The van der Waals surface area contributed by atoms with Crippen LogP contribution in [0, 0.1) is 5.41 Å². The van der Waals surface area contributed by atoms with E-state index in [-0.39, 0.29) is 36.7 Å². The van der Waals surface area contributed by atoms with Crippen LogP contribution < -0.4 is 0 Å². The van der Waals surface area contributed by atoms with E-state index in [1.807, 2.05) is 39.0 Å². The fourth-order valence-corrected chi connectivity index (χ4v) is 5.09. The van der Waals surface area contributed by atoms with Crippen LogP contribution in [0.5, 0.6) is 0 Å². The van der Waals surface area contributed by atoms with Crippen LogP contribution in [0.4, 0.5) is 4.79 Å². The van der Waals surface area contributed by atoms with Crippen molar-refractivity contribution in [2.75, 3.05) is 26.2 Å². The van der Waals surface area contributed by atoms with E-state index in [2.05, 4.69) is 20.8 Å². The van der Waals surface area contributed by atoms with Crippen LogP contribution >= 0.6 is 11.6 Å². The molecule has 1 aromatic carbocycles. The zero-order chi connectivity index (χ0) is 27.6. The molecule has 0 aliphatic carbocycles. The first-order valence-electron chi connectivity index (χ1n) is 13.1. The molecule has 1 unspecified atom stereocenters. The third-order valence-electron chi connectivity index (χ3n) is 6.79. The van der Waals surface area contributed by atoms with Gasteiger partial charge in [-0.15, -0.1) is 0 Å². The number of hydrogen-bond donors (Lipinski definition) is 0. The highest BCUT2D eigenvalue weighted by Crippen LogP contribution is 2.46. The standard InChI is InChI=1S/C29H41ClN2O5/c1-8-36-25(34)12-14-31-17-22-18-32(26(35)37-28(5,6)7)19-29(22,16-24(31)33)21-10-9-20(23(30)15-21)11-13-27(2,3)4/h9-10,15,17H,8,11-14,16,18-19H2,1-7H3. The van der Waals surface area contributed by atoms with E-state index in [0.717, 1.165) is 29.5 Å². The van der Waals surface area contributed by atoms with Gasteiger partial charge in [0.15, 0.2) is 0 Å². The van der Waals surface area contributed by atoms with E-state index in [4.69, 9.17) is 21.1 Å². The van der Waals surface area contributed by atoms with Crippen molar-refractivity contribution in [1.29, 1.82) is 0 Å². The number of nitrogens with zero attached hydrogens (tertiary/aromatic N) is 2. The molecule has 0 bridgehead atoms. The second kappa shape index (κ2) is 11.1. The minimum absolute atomic E-state index is 0.105. The predicted octanol–water partition coefficient (Wildman–Crippen LogP) is 5.88. The van der Waals surface area contributed by atoms with Crippen molar-refractivity contribution in [3.63, 3.8) is 0 Å². The lowest BCUT2D eigenvalue weighted by Crippen LogP contribution is -2.44. The number of benzene rings is 1. The Balaban J connectivity index is 1.94. The number of ether oxygens (including phenoxy) is 2. The van der Waals surface area contributed by atoms with E-state index in [1.165, 1.54) is 0 Å². The first-order valence-corrected chi connectivity index (χ1v) is 13.4. The molecule has 1 aromatic rings. The van der Waals surface area contributed by atoms with Gasteiger partial charge in [0.2, 0.25) is 5.91 Å². The van der Waals surface area contributed by atoms with Crippen molar-refractivity contribution in [3.05, 3.63) is 46.1 Å². The van der Waals surface area contributed by atoms with Crippen LogP contribution in [0.25, 0.3) is 0 Å². The van der Waals surface area contributed by atoms with Gasteiger partial charge in [-0.3, -0.25) is 9.59 Å². The number of halogens is 1. The molecule has 2 heterocycles. The molecule has 2 amide bonds. The average Bonchev–Trinajstić information content (AvgIpc) is 3.15. The SMILES string of the molecule is CCOC(=O)CCN1C=C2CN(C(=O)OC(C)(C)C)CC2(c2ccc(CCC(C)(C)C)c(Cl)c2)CC1=O. The summed E-state index contributed by atoms with van der Waals surface area (Å²) < 4.78 is 10.7. The average molecular weight is 533 g/mol. The summed E-state index contributed by atoms with van der Waals surface area (Å²) in [6, 6.07) is 6.04. The predicted molar refractivity (Wildman–Crippen MR) is 144 cm³/mol. The van der Waals surface area contributed by atoms with Crippen molar-refractivity contribution in [2.24, 2.45) is 5.41 Å². The number of carbonyl (C=O) groups excluding carboxylic acids is 3. The summed E-state index contributed by atoms with van der Waals surface area (Å²) in [5, 5.41) is 0.670. The number of aryl methyl sites for hydroxylation is 1. The lowest BCUT2D eigenvalue weighted by atomic mass is 9.71. The number of hydrogen-bond acceptors (Lipinski definition) is 5. The molecule has 3 rings (SSSR count). The van der Waals surface area contributed by atoms with Gasteiger partial charge in [0.1, 0.15) is 5.60 Å². The molecule has 2 aliphatic rings. The molecule has 0 N–H and O–H groups in total. The number of rotatable bonds is 7. The molecule has 37 heavy (non-hydrogen) atoms. The maximum Gasteiger partial charge on any atom is 0.410 e. The Morgan fingerprint density at radius 3 is 2.43 bits per heavy atom. The third-order valence-corrected chi connectivity index (χ3v) is 7.14. The van der Waals surface area contributed by atoms with Gasteiger partial charge in [-0.25, -0.2) is 4.79 Å². The third kappa shape index (κ3) is 7.28. The number of likely N-dealkylation sites (tertiary alicyclic amines) is 1.